The maximum atomic E-state index is 12.0. The lowest BCUT2D eigenvalue weighted by Crippen LogP contribution is -2.45. The molecule has 112 valence electrons. The van der Waals surface area contributed by atoms with Crippen molar-refractivity contribution in [3.63, 3.8) is 0 Å². The standard InChI is InChI=1S/C14H14ClNO5/c1-19-13(18)11-10-12(17)16-7-6-14(20-10,21-11)8-2-4-9(15)5-3-8/h2-5,10-11H,6-7H2,1H3,(H,16,17)/t10-,11-,14-/m1/s1. The molecule has 0 aliphatic carbocycles. The Bertz CT molecular complexity index is 575. The fourth-order valence-corrected chi connectivity index (χ4v) is 2.72. The number of methoxy groups -OCH3 is 1. The van der Waals surface area contributed by atoms with Gasteiger partial charge in [-0.05, 0) is 12.1 Å². The third-order valence-electron chi connectivity index (χ3n) is 3.64. The molecule has 3 rings (SSSR count). The van der Waals surface area contributed by atoms with Crippen molar-refractivity contribution < 1.29 is 23.8 Å². The molecule has 21 heavy (non-hydrogen) atoms. The molecule has 2 aliphatic heterocycles. The van der Waals surface area contributed by atoms with Crippen molar-refractivity contribution >= 4 is 23.5 Å². The van der Waals surface area contributed by atoms with Crippen molar-refractivity contribution in [2.45, 2.75) is 24.4 Å². The number of esters is 1. The molecule has 0 spiro atoms. The number of carbonyl (C=O) groups is 2. The van der Waals surface area contributed by atoms with Crippen molar-refractivity contribution in [1.29, 1.82) is 0 Å². The third-order valence-corrected chi connectivity index (χ3v) is 3.89. The Hall–Kier alpha value is -1.63. The summed E-state index contributed by atoms with van der Waals surface area (Å²) in [6.07, 6.45) is -1.70. The van der Waals surface area contributed by atoms with E-state index in [-0.39, 0.29) is 5.91 Å². The highest BCUT2D eigenvalue weighted by Gasteiger charge is 2.56. The van der Waals surface area contributed by atoms with E-state index < -0.39 is 24.0 Å². The van der Waals surface area contributed by atoms with Gasteiger partial charge in [-0.1, -0.05) is 23.7 Å². The Labute approximate surface area is 126 Å². The first-order chi connectivity index (χ1) is 10.1. The first kappa shape index (κ1) is 14.3. The maximum absolute atomic E-state index is 12.0. The highest BCUT2D eigenvalue weighted by molar-refractivity contribution is 6.30. The number of nitrogens with one attached hydrogen (secondary N) is 1. The van der Waals surface area contributed by atoms with E-state index in [9.17, 15) is 9.59 Å². The summed E-state index contributed by atoms with van der Waals surface area (Å²) < 4.78 is 16.3. The van der Waals surface area contributed by atoms with Crippen LogP contribution in [0.1, 0.15) is 12.0 Å². The lowest BCUT2D eigenvalue weighted by molar-refractivity contribution is -0.192. The molecule has 2 saturated heterocycles. The summed E-state index contributed by atoms with van der Waals surface area (Å²) in [5.74, 6) is -2.15. The minimum absolute atomic E-state index is 0.376. The predicted octanol–water partition coefficient (Wildman–Crippen LogP) is 0.970. The molecular weight excluding hydrogens is 298 g/mol. The molecule has 2 bridgehead atoms. The monoisotopic (exact) mass is 311 g/mol. The Morgan fingerprint density at radius 3 is 2.76 bits per heavy atom. The van der Waals surface area contributed by atoms with E-state index in [2.05, 4.69) is 10.1 Å². The number of fused-ring (bicyclic) bond motifs is 2. The molecule has 2 fully saturated rings. The topological polar surface area (TPSA) is 73.9 Å². The van der Waals surface area contributed by atoms with E-state index in [1.165, 1.54) is 7.11 Å². The molecule has 0 aromatic heterocycles. The first-order valence-corrected chi connectivity index (χ1v) is 6.91. The minimum atomic E-state index is -1.15. The van der Waals surface area contributed by atoms with Gasteiger partial charge in [0.25, 0.3) is 5.91 Å². The van der Waals surface area contributed by atoms with Gasteiger partial charge in [-0.15, -0.1) is 0 Å². The fourth-order valence-electron chi connectivity index (χ4n) is 2.59. The zero-order valence-electron chi connectivity index (χ0n) is 11.3. The number of halogens is 1. The number of benzene rings is 1. The van der Waals surface area contributed by atoms with Crippen LogP contribution in [0.4, 0.5) is 0 Å². The van der Waals surface area contributed by atoms with E-state index in [0.717, 1.165) is 0 Å². The molecule has 1 aromatic rings. The SMILES string of the molecule is COC(=O)[C@@H]1O[C@@]2(c3ccc(Cl)cc3)CCNC(=O)[C@@H]1O2. The molecule has 0 saturated carbocycles. The van der Waals surface area contributed by atoms with Crippen LogP contribution in [0, 0.1) is 0 Å². The molecule has 6 nitrogen and oxygen atoms in total. The van der Waals surface area contributed by atoms with Gasteiger partial charge in [0.15, 0.2) is 18.0 Å². The van der Waals surface area contributed by atoms with Crippen molar-refractivity contribution in [3.05, 3.63) is 34.9 Å². The van der Waals surface area contributed by atoms with Crippen LogP contribution in [0.15, 0.2) is 24.3 Å². The highest BCUT2D eigenvalue weighted by Crippen LogP contribution is 2.42. The van der Waals surface area contributed by atoms with E-state index in [1.54, 1.807) is 24.3 Å². The van der Waals surface area contributed by atoms with Gasteiger partial charge in [-0.25, -0.2) is 4.79 Å². The second-order valence-electron chi connectivity index (χ2n) is 4.90. The summed E-state index contributed by atoms with van der Waals surface area (Å²) in [4.78, 5) is 23.8. The van der Waals surface area contributed by atoms with Gasteiger partial charge in [0.2, 0.25) is 0 Å². The average Bonchev–Trinajstić information content (AvgIpc) is 2.79. The first-order valence-electron chi connectivity index (χ1n) is 6.53. The summed E-state index contributed by atoms with van der Waals surface area (Å²) >= 11 is 5.88. The van der Waals surface area contributed by atoms with E-state index in [4.69, 9.17) is 21.1 Å². The predicted molar refractivity (Wildman–Crippen MR) is 72.5 cm³/mol. The van der Waals surface area contributed by atoms with Crippen LogP contribution in [-0.4, -0.2) is 37.7 Å². The van der Waals surface area contributed by atoms with Crippen LogP contribution >= 0.6 is 11.6 Å². The number of carbonyl (C=O) groups excluding carboxylic acids is 2. The van der Waals surface area contributed by atoms with Crippen LogP contribution < -0.4 is 5.32 Å². The zero-order valence-corrected chi connectivity index (χ0v) is 12.1. The zero-order chi connectivity index (χ0) is 15.0. The quantitative estimate of drug-likeness (QED) is 0.824. The van der Waals surface area contributed by atoms with Gasteiger partial charge in [0.1, 0.15) is 0 Å². The molecule has 3 atom stereocenters. The summed E-state index contributed by atoms with van der Waals surface area (Å²) in [5, 5.41) is 3.29. The highest BCUT2D eigenvalue weighted by atomic mass is 35.5. The normalized spacial score (nSPS) is 31.4. The van der Waals surface area contributed by atoms with E-state index >= 15 is 0 Å². The number of hydrogen-bond donors (Lipinski definition) is 1. The van der Waals surface area contributed by atoms with Gasteiger partial charge in [0.05, 0.1) is 7.11 Å². The summed E-state index contributed by atoms with van der Waals surface area (Å²) in [5.41, 5.74) is 0.708. The molecule has 2 heterocycles. The number of rotatable bonds is 2. The smallest absolute Gasteiger partial charge is 0.338 e. The lowest BCUT2D eigenvalue weighted by Gasteiger charge is -2.27. The molecular formula is C14H14ClNO5. The van der Waals surface area contributed by atoms with Crippen molar-refractivity contribution in [2.75, 3.05) is 13.7 Å². The molecule has 0 unspecified atom stereocenters. The summed E-state index contributed by atoms with van der Waals surface area (Å²) in [7, 11) is 1.24. The Morgan fingerprint density at radius 2 is 2.10 bits per heavy atom. The maximum Gasteiger partial charge on any atom is 0.338 e. The minimum Gasteiger partial charge on any atom is -0.467 e. The van der Waals surface area contributed by atoms with Crippen molar-refractivity contribution in [3.8, 4) is 0 Å². The number of amides is 1. The summed E-state index contributed by atoms with van der Waals surface area (Å²) in [6, 6.07) is 6.93. The van der Waals surface area contributed by atoms with Gasteiger partial charge < -0.3 is 19.5 Å². The largest absolute Gasteiger partial charge is 0.467 e. The van der Waals surface area contributed by atoms with Crippen molar-refractivity contribution in [1.82, 2.24) is 5.32 Å². The average molecular weight is 312 g/mol. The molecule has 1 N–H and O–H groups in total. The third kappa shape index (κ3) is 2.39. The molecule has 1 aromatic carbocycles. The molecule has 7 heteroatoms. The second kappa shape index (κ2) is 5.29. The van der Waals surface area contributed by atoms with Gasteiger partial charge >= 0.3 is 5.97 Å². The lowest BCUT2D eigenvalue weighted by atomic mass is 10.0. The Kier molecular flexibility index (Phi) is 3.61. The molecule has 2 aliphatic rings. The van der Waals surface area contributed by atoms with Crippen LogP contribution in [0.3, 0.4) is 0 Å². The summed E-state index contributed by atoms with van der Waals surface area (Å²) in [6.45, 7) is 0.395. The van der Waals surface area contributed by atoms with Gasteiger partial charge in [-0.2, -0.15) is 0 Å². The van der Waals surface area contributed by atoms with Crippen LogP contribution in [-0.2, 0) is 29.6 Å². The Balaban J connectivity index is 1.99. The Morgan fingerprint density at radius 1 is 1.38 bits per heavy atom. The van der Waals surface area contributed by atoms with Crippen LogP contribution in [0.2, 0.25) is 5.02 Å². The van der Waals surface area contributed by atoms with Crippen LogP contribution in [0.5, 0.6) is 0 Å². The van der Waals surface area contributed by atoms with E-state index in [1.807, 2.05) is 0 Å². The number of hydrogen-bond acceptors (Lipinski definition) is 5. The van der Waals surface area contributed by atoms with Crippen LogP contribution in [0.25, 0.3) is 0 Å². The fraction of sp³-hybridized carbons (Fsp3) is 0.429. The molecule has 0 radical (unpaired) electrons. The van der Waals surface area contributed by atoms with E-state index in [0.29, 0.717) is 23.6 Å². The van der Waals surface area contributed by atoms with Gasteiger partial charge in [-0.3, -0.25) is 4.79 Å². The number of ether oxygens (including phenoxy) is 3. The molecule has 1 amide bonds. The van der Waals surface area contributed by atoms with Crippen molar-refractivity contribution in [2.24, 2.45) is 0 Å². The second-order valence-corrected chi connectivity index (χ2v) is 5.34. The van der Waals surface area contributed by atoms with Gasteiger partial charge in [0, 0.05) is 23.6 Å².